The number of rotatable bonds is 29. The lowest BCUT2D eigenvalue weighted by molar-refractivity contribution is -0.156. The summed E-state index contributed by atoms with van der Waals surface area (Å²) in [7, 11) is -3.35. The van der Waals surface area contributed by atoms with E-state index in [4.69, 9.17) is 24.6 Å². The van der Waals surface area contributed by atoms with Gasteiger partial charge in [-0.1, -0.05) is 163 Å². The van der Waals surface area contributed by atoms with Crippen molar-refractivity contribution in [3.8, 4) is 5.75 Å². The first-order chi connectivity index (χ1) is 29.2. The third-order valence-corrected chi connectivity index (χ3v) is 12.3. The van der Waals surface area contributed by atoms with Crippen LogP contribution >= 0.6 is 8.18 Å². The minimum absolute atomic E-state index is 0.0738. The fourth-order valence-electron chi connectivity index (χ4n) is 7.59. The van der Waals surface area contributed by atoms with E-state index >= 15 is 0 Å². The Hall–Kier alpha value is -3.94. The van der Waals surface area contributed by atoms with Gasteiger partial charge in [0.25, 0.3) is 8.18 Å². The van der Waals surface area contributed by atoms with Crippen molar-refractivity contribution >= 4 is 31.1 Å². The third-order valence-electron chi connectivity index (χ3n) is 11.2. The van der Waals surface area contributed by atoms with Gasteiger partial charge in [0, 0.05) is 12.8 Å². The Kier molecular flexibility index (Phi) is 19.7. The number of aliphatic hydroxyl groups excluding tert-OH is 1. The van der Waals surface area contributed by atoms with E-state index in [1.54, 1.807) is 31.2 Å². The number of aliphatic hydroxyl groups is 1. The van der Waals surface area contributed by atoms with Gasteiger partial charge in [-0.15, -0.1) is 0 Å². The summed E-state index contributed by atoms with van der Waals surface area (Å²) in [6.07, 6.45) is 20.0. The zero-order valence-corrected chi connectivity index (χ0v) is 36.5. The number of para-hydroxylation sites is 1. The van der Waals surface area contributed by atoms with Gasteiger partial charge in [-0.25, -0.2) is 4.98 Å². The van der Waals surface area contributed by atoms with Crippen LogP contribution in [-0.2, 0) is 29.8 Å². The molecule has 3 heterocycles. The predicted molar refractivity (Wildman–Crippen MR) is 232 cm³/mol. The number of ether oxygens (including phenoxy) is 2. The SMILES string of the molecule is CCCCCCCCCCCCCCCCCCCOC(=O)[C@H](Cc1ccccc1)N(Oc1ccccc1)[PH](=O)OC[C@@]1(C)O[C@@H](n2cnc3c(N)nc(F)nc32)C[C@@H]1O. The number of fused-ring (bicyclic) bond motifs is 1. The number of halogens is 1. The van der Waals surface area contributed by atoms with E-state index in [1.165, 1.54) is 101 Å². The number of nitrogens with zero attached hydrogens (tertiary/aromatic N) is 5. The van der Waals surface area contributed by atoms with Gasteiger partial charge in [0.1, 0.15) is 17.6 Å². The summed E-state index contributed by atoms with van der Waals surface area (Å²) in [5.74, 6) is -0.360. The first kappa shape index (κ1) is 47.1. The van der Waals surface area contributed by atoms with Crippen LogP contribution in [0.3, 0.4) is 0 Å². The maximum absolute atomic E-state index is 14.2. The first-order valence-corrected chi connectivity index (χ1v) is 23.4. The van der Waals surface area contributed by atoms with Crippen molar-refractivity contribution < 1.29 is 37.7 Å². The van der Waals surface area contributed by atoms with E-state index in [2.05, 4.69) is 21.9 Å². The highest BCUT2D eigenvalue weighted by molar-refractivity contribution is 7.36. The van der Waals surface area contributed by atoms with Crippen molar-refractivity contribution in [3.63, 3.8) is 0 Å². The van der Waals surface area contributed by atoms with E-state index in [1.807, 2.05) is 36.4 Å². The van der Waals surface area contributed by atoms with Crippen molar-refractivity contribution in [2.45, 2.75) is 160 Å². The number of esters is 1. The van der Waals surface area contributed by atoms with Crippen molar-refractivity contribution in [1.82, 2.24) is 24.4 Å². The number of hydrogen-bond acceptors (Lipinski definition) is 11. The van der Waals surface area contributed by atoms with Crippen LogP contribution in [0.1, 0.15) is 141 Å². The molecule has 13 nitrogen and oxygen atoms in total. The van der Waals surface area contributed by atoms with E-state index in [9.17, 15) is 18.9 Å². The normalized spacial score (nSPS) is 18.9. The molecule has 3 N–H and O–H groups in total. The molecule has 2 aromatic carbocycles. The Bertz CT molecular complexity index is 1870. The number of nitrogen functional groups attached to an aromatic ring is 1. The maximum Gasteiger partial charge on any atom is 0.327 e. The molecule has 0 aliphatic carbocycles. The molecule has 0 radical (unpaired) electrons. The zero-order valence-electron chi connectivity index (χ0n) is 35.5. The minimum atomic E-state index is -3.35. The lowest BCUT2D eigenvalue weighted by Crippen LogP contribution is -2.44. The highest BCUT2D eigenvalue weighted by atomic mass is 31.1. The van der Waals surface area contributed by atoms with Crippen LogP contribution in [0.4, 0.5) is 10.2 Å². The van der Waals surface area contributed by atoms with Crippen molar-refractivity contribution in [1.29, 1.82) is 0 Å². The minimum Gasteiger partial charge on any atom is -0.464 e. The van der Waals surface area contributed by atoms with Gasteiger partial charge in [-0.2, -0.15) is 14.4 Å². The number of hydroxylamine groups is 1. The number of carbonyl (C=O) groups excluding carboxylic acids is 1. The molecule has 1 saturated heterocycles. The molecule has 0 spiro atoms. The number of carbonyl (C=O) groups is 1. The Morgan fingerprint density at radius 2 is 1.48 bits per heavy atom. The summed E-state index contributed by atoms with van der Waals surface area (Å²) >= 11 is 0. The molecule has 5 atom stereocenters. The van der Waals surface area contributed by atoms with E-state index in [0.29, 0.717) is 5.75 Å². The summed E-state index contributed by atoms with van der Waals surface area (Å²) in [6.45, 7) is 3.78. The van der Waals surface area contributed by atoms with Gasteiger partial charge in [0.2, 0.25) is 0 Å². The molecule has 4 aromatic rings. The van der Waals surface area contributed by atoms with E-state index < -0.39 is 44.2 Å². The predicted octanol–water partition coefficient (Wildman–Crippen LogP) is 10.1. The topological polar surface area (TPSA) is 164 Å². The van der Waals surface area contributed by atoms with E-state index in [-0.39, 0.29) is 43.0 Å². The van der Waals surface area contributed by atoms with Gasteiger partial charge in [-0.3, -0.25) is 13.9 Å². The van der Waals surface area contributed by atoms with Crippen LogP contribution in [0, 0.1) is 6.08 Å². The number of hydrogen-bond donors (Lipinski definition) is 2. The van der Waals surface area contributed by atoms with Crippen LogP contribution in [0.15, 0.2) is 67.0 Å². The number of anilines is 1. The molecule has 60 heavy (non-hydrogen) atoms. The summed E-state index contributed by atoms with van der Waals surface area (Å²) in [4.78, 5) is 32.7. The summed E-state index contributed by atoms with van der Waals surface area (Å²) < 4.78 is 47.8. The van der Waals surface area contributed by atoms with Gasteiger partial charge >= 0.3 is 12.0 Å². The Labute approximate surface area is 355 Å². The molecular weight excluding hydrogens is 787 g/mol. The zero-order chi connectivity index (χ0) is 42.6. The highest BCUT2D eigenvalue weighted by Crippen LogP contribution is 2.42. The number of aromatic nitrogens is 4. The Balaban J connectivity index is 1.12. The highest BCUT2D eigenvalue weighted by Gasteiger charge is 2.47. The van der Waals surface area contributed by atoms with Gasteiger partial charge < -0.3 is 29.7 Å². The second-order valence-corrected chi connectivity index (χ2v) is 17.4. The van der Waals surface area contributed by atoms with Crippen LogP contribution in [-0.4, -0.2) is 66.4 Å². The lowest BCUT2D eigenvalue weighted by Gasteiger charge is -2.31. The standard InChI is InChI=1S/C45H66FN6O7P/c1-3-4-5-6-7-8-9-10-11-12-13-14-15-16-17-18-25-30-56-43(54)37(31-35-26-21-19-22-27-35)52(59-36-28-23-20-24-29-36)60(55)57-33-45(2)38(53)32-39(58-45)51-34-48-40-41(47)49-44(46)50-42(40)51/h19-24,26-29,34,37-39,53,60H,3-18,25,30-33H2,1-2H3,(H2,47,49,50)/t37-,38-,39+,45+/m0/s1. The van der Waals surface area contributed by atoms with Crippen LogP contribution in [0.2, 0.25) is 0 Å². The lowest BCUT2D eigenvalue weighted by atomic mass is 10.0. The molecule has 5 rings (SSSR count). The van der Waals surface area contributed by atoms with Crippen molar-refractivity contribution in [2.75, 3.05) is 18.9 Å². The number of unbranched alkanes of at least 4 members (excludes halogenated alkanes) is 16. The van der Waals surface area contributed by atoms with Crippen molar-refractivity contribution in [2.24, 2.45) is 0 Å². The van der Waals surface area contributed by atoms with Crippen LogP contribution in [0.25, 0.3) is 11.2 Å². The van der Waals surface area contributed by atoms with Gasteiger partial charge in [-0.05, 0) is 31.0 Å². The molecule has 1 aliphatic rings. The second-order valence-electron chi connectivity index (χ2n) is 16.2. The van der Waals surface area contributed by atoms with Crippen molar-refractivity contribution in [3.05, 3.63) is 78.6 Å². The molecule has 330 valence electrons. The molecular formula is C45H66FN6O7P. The number of nitrogens with two attached hydrogens (primary N) is 1. The quantitative estimate of drug-likeness (QED) is 0.0175. The van der Waals surface area contributed by atoms with Gasteiger partial charge in [0.15, 0.2) is 23.0 Å². The maximum atomic E-state index is 14.2. The molecule has 1 aliphatic heterocycles. The van der Waals surface area contributed by atoms with Crippen LogP contribution in [0.5, 0.6) is 5.75 Å². The summed E-state index contributed by atoms with van der Waals surface area (Å²) in [6, 6.07) is 17.0. The fourth-order valence-corrected chi connectivity index (χ4v) is 8.76. The summed E-state index contributed by atoms with van der Waals surface area (Å²) in [5, 5.41) is 11.2. The van der Waals surface area contributed by atoms with Gasteiger partial charge in [0.05, 0.1) is 25.6 Å². The average molecular weight is 853 g/mol. The largest absolute Gasteiger partial charge is 0.464 e. The molecule has 15 heteroatoms. The third kappa shape index (κ3) is 14.6. The number of benzene rings is 2. The van der Waals surface area contributed by atoms with E-state index in [0.717, 1.165) is 29.7 Å². The number of imidazole rings is 1. The Morgan fingerprint density at radius 1 is 0.917 bits per heavy atom. The fraction of sp³-hybridized carbons (Fsp3) is 0.600. The molecule has 2 aromatic heterocycles. The monoisotopic (exact) mass is 852 g/mol. The molecule has 0 bridgehead atoms. The molecule has 1 fully saturated rings. The average Bonchev–Trinajstić information content (AvgIpc) is 3.81. The first-order valence-electron chi connectivity index (χ1n) is 22.1. The molecule has 0 saturated carbocycles. The molecule has 0 amide bonds. The second kappa shape index (κ2) is 25.1. The Morgan fingerprint density at radius 3 is 2.08 bits per heavy atom. The van der Waals surface area contributed by atoms with Crippen LogP contribution < -0.4 is 10.6 Å². The summed E-state index contributed by atoms with van der Waals surface area (Å²) in [5.41, 5.74) is 5.59. The smallest absolute Gasteiger partial charge is 0.327 e. The molecule has 1 unspecified atom stereocenters.